The molecule has 1 N–H and O–H groups in total. The van der Waals surface area contributed by atoms with Gasteiger partial charge in [-0.05, 0) is 44.4 Å². The van der Waals surface area contributed by atoms with Gasteiger partial charge in [-0.25, -0.2) is 0 Å². The molecule has 1 aromatic rings. The summed E-state index contributed by atoms with van der Waals surface area (Å²) in [6, 6.07) is 6.03. The van der Waals surface area contributed by atoms with Crippen LogP contribution in [0.3, 0.4) is 0 Å². The van der Waals surface area contributed by atoms with Crippen LogP contribution in [0.25, 0.3) is 0 Å². The van der Waals surface area contributed by atoms with Crippen molar-refractivity contribution in [2.24, 2.45) is 0 Å². The van der Waals surface area contributed by atoms with Gasteiger partial charge in [-0.2, -0.15) is 0 Å². The van der Waals surface area contributed by atoms with Crippen molar-refractivity contribution in [1.29, 1.82) is 0 Å². The van der Waals surface area contributed by atoms with E-state index in [1.54, 1.807) is 0 Å². The molecule has 0 aliphatic rings. The van der Waals surface area contributed by atoms with Crippen LogP contribution < -0.4 is 5.32 Å². The Balaban J connectivity index is 3.07. The van der Waals surface area contributed by atoms with Crippen LogP contribution in [-0.2, 0) is 11.2 Å². The molecule has 1 unspecified atom stereocenters. The Bertz CT molecular complexity index is 433. The Morgan fingerprint density at radius 1 is 1.14 bits per heavy atom. The Morgan fingerprint density at radius 2 is 1.81 bits per heavy atom. The van der Waals surface area contributed by atoms with Crippen LogP contribution in [0.1, 0.15) is 46.1 Å². The zero-order valence-electron chi connectivity index (χ0n) is 13.5. The number of ether oxygens (including phenoxy) is 1. The van der Waals surface area contributed by atoms with Gasteiger partial charge in [0.15, 0.2) is 0 Å². The van der Waals surface area contributed by atoms with Gasteiger partial charge in [0.1, 0.15) is 0 Å². The quantitative estimate of drug-likeness (QED) is 0.678. The van der Waals surface area contributed by atoms with Crippen molar-refractivity contribution in [1.82, 2.24) is 5.32 Å². The van der Waals surface area contributed by atoms with Crippen LogP contribution in [0.4, 0.5) is 0 Å². The molecule has 0 spiro atoms. The lowest BCUT2D eigenvalue weighted by atomic mass is 9.84. The zero-order valence-corrected chi connectivity index (χ0v) is 15.0. The van der Waals surface area contributed by atoms with E-state index in [-0.39, 0.29) is 11.6 Å². The van der Waals surface area contributed by atoms with E-state index in [1.807, 2.05) is 18.2 Å². The molecule has 0 saturated carbocycles. The molecule has 0 saturated heterocycles. The Hall–Kier alpha value is -0.280. The molecule has 0 radical (unpaired) electrons. The summed E-state index contributed by atoms with van der Waals surface area (Å²) >= 11 is 12.5. The number of nitrogens with one attached hydrogen (secondary N) is 1. The van der Waals surface area contributed by atoms with E-state index in [0.29, 0.717) is 16.7 Å². The number of likely N-dealkylation sites (N-methyl/N-ethyl adjacent to an activating group) is 1. The van der Waals surface area contributed by atoms with E-state index >= 15 is 0 Å². The number of hydrogen-bond donors (Lipinski definition) is 1. The van der Waals surface area contributed by atoms with Crippen LogP contribution in [0.15, 0.2) is 18.2 Å². The molecule has 0 aliphatic carbocycles. The highest BCUT2D eigenvalue weighted by molar-refractivity contribution is 6.42. The van der Waals surface area contributed by atoms with Gasteiger partial charge in [0, 0.05) is 12.6 Å². The molecule has 1 aromatic carbocycles. The fourth-order valence-electron chi connectivity index (χ4n) is 2.95. The first-order valence-electron chi connectivity index (χ1n) is 7.84. The SMILES string of the molecule is CCNC(Cc1cccc(Cl)c1Cl)C(CC)(CC)OCC. The predicted molar refractivity (Wildman–Crippen MR) is 92.6 cm³/mol. The van der Waals surface area contributed by atoms with Crippen molar-refractivity contribution in [3.63, 3.8) is 0 Å². The van der Waals surface area contributed by atoms with Crippen molar-refractivity contribution in [3.05, 3.63) is 33.8 Å². The zero-order chi connectivity index (χ0) is 15.9. The summed E-state index contributed by atoms with van der Waals surface area (Å²) in [5, 5.41) is 4.84. The molecule has 4 heteroatoms. The van der Waals surface area contributed by atoms with Crippen LogP contribution in [-0.4, -0.2) is 24.8 Å². The second-order valence-electron chi connectivity index (χ2n) is 5.23. The summed E-state index contributed by atoms with van der Waals surface area (Å²) in [5.74, 6) is 0. The van der Waals surface area contributed by atoms with Crippen molar-refractivity contribution in [2.45, 2.75) is 58.6 Å². The standard InChI is InChI=1S/C17H27Cl2NO/c1-5-17(6-2,21-8-4)15(20-7-3)12-13-10-9-11-14(18)16(13)19/h9-11,15,20H,5-8,12H2,1-4H3. The van der Waals surface area contributed by atoms with Gasteiger partial charge in [0.05, 0.1) is 15.6 Å². The topological polar surface area (TPSA) is 21.3 Å². The number of hydrogen-bond acceptors (Lipinski definition) is 2. The minimum absolute atomic E-state index is 0.170. The van der Waals surface area contributed by atoms with Crippen molar-refractivity contribution in [2.75, 3.05) is 13.2 Å². The summed E-state index contributed by atoms with van der Waals surface area (Å²) < 4.78 is 6.15. The van der Waals surface area contributed by atoms with E-state index in [1.165, 1.54) is 0 Å². The van der Waals surface area contributed by atoms with Gasteiger partial charge in [-0.1, -0.05) is 56.1 Å². The molecule has 0 aliphatic heterocycles. The van der Waals surface area contributed by atoms with Crippen molar-refractivity contribution in [3.8, 4) is 0 Å². The Kier molecular flexibility index (Phi) is 8.04. The number of benzene rings is 1. The molecular formula is C17H27Cl2NO. The molecule has 0 fully saturated rings. The first kappa shape index (κ1) is 18.8. The minimum atomic E-state index is -0.170. The lowest BCUT2D eigenvalue weighted by Crippen LogP contribution is -2.53. The predicted octanol–water partition coefficient (Wildman–Crippen LogP) is 5.11. The van der Waals surface area contributed by atoms with E-state index < -0.39 is 0 Å². The average molecular weight is 332 g/mol. The number of halogens is 2. The van der Waals surface area contributed by atoms with Gasteiger partial charge >= 0.3 is 0 Å². The molecule has 0 aromatic heterocycles. The summed E-state index contributed by atoms with van der Waals surface area (Å²) in [6.45, 7) is 10.2. The van der Waals surface area contributed by atoms with Gasteiger partial charge in [0.25, 0.3) is 0 Å². The molecule has 0 amide bonds. The van der Waals surface area contributed by atoms with Crippen LogP contribution in [0, 0.1) is 0 Å². The molecule has 21 heavy (non-hydrogen) atoms. The van der Waals surface area contributed by atoms with E-state index in [0.717, 1.165) is 31.4 Å². The van der Waals surface area contributed by atoms with E-state index in [9.17, 15) is 0 Å². The lowest BCUT2D eigenvalue weighted by molar-refractivity contribution is -0.0715. The van der Waals surface area contributed by atoms with Gasteiger partial charge in [0.2, 0.25) is 0 Å². The fourth-order valence-corrected chi connectivity index (χ4v) is 3.35. The minimum Gasteiger partial charge on any atom is -0.374 e. The number of rotatable bonds is 9. The van der Waals surface area contributed by atoms with Crippen LogP contribution >= 0.6 is 23.2 Å². The molecule has 1 rings (SSSR count). The Labute approximate surface area is 139 Å². The summed E-state index contributed by atoms with van der Waals surface area (Å²) in [5.41, 5.74) is 0.900. The van der Waals surface area contributed by atoms with E-state index in [4.69, 9.17) is 27.9 Å². The molecule has 0 bridgehead atoms. The van der Waals surface area contributed by atoms with Crippen molar-refractivity contribution < 1.29 is 4.74 Å². The smallest absolute Gasteiger partial charge is 0.0832 e. The van der Waals surface area contributed by atoms with Gasteiger partial charge in [-0.15, -0.1) is 0 Å². The lowest BCUT2D eigenvalue weighted by Gasteiger charge is -2.40. The van der Waals surface area contributed by atoms with Gasteiger partial charge < -0.3 is 10.1 Å². The second kappa shape index (κ2) is 8.99. The highest BCUT2D eigenvalue weighted by Crippen LogP contribution is 2.31. The van der Waals surface area contributed by atoms with E-state index in [2.05, 4.69) is 33.0 Å². The van der Waals surface area contributed by atoms with Crippen LogP contribution in [0.5, 0.6) is 0 Å². The highest BCUT2D eigenvalue weighted by Gasteiger charge is 2.36. The summed E-state index contributed by atoms with van der Waals surface area (Å²) in [6.07, 6.45) is 2.75. The normalized spacial score (nSPS) is 13.4. The maximum atomic E-state index is 6.35. The van der Waals surface area contributed by atoms with Crippen LogP contribution in [0.2, 0.25) is 10.0 Å². The average Bonchev–Trinajstić information content (AvgIpc) is 2.49. The third-order valence-electron chi connectivity index (χ3n) is 4.17. The highest BCUT2D eigenvalue weighted by atomic mass is 35.5. The molecule has 1 atom stereocenters. The summed E-state index contributed by atoms with van der Waals surface area (Å²) in [7, 11) is 0. The largest absolute Gasteiger partial charge is 0.374 e. The maximum Gasteiger partial charge on any atom is 0.0832 e. The fraction of sp³-hybridized carbons (Fsp3) is 0.647. The third kappa shape index (κ3) is 4.59. The van der Waals surface area contributed by atoms with Gasteiger partial charge in [-0.3, -0.25) is 0 Å². The first-order chi connectivity index (χ1) is 10.0. The second-order valence-corrected chi connectivity index (χ2v) is 6.02. The van der Waals surface area contributed by atoms with Crippen molar-refractivity contribution >= 4 is 23.2 Å². The monoisotopic (exact) mass is 331 g/mol. The maximum absolute atomic E-state index is 6.35. The first-order valence-corrected chi connectivity index (χ1v) is 8.60. The summed E-state index contributed by atoms with van der Waals surface area (Å²) in [4.78, 5) is 0. The molecular weight excluding hydrogens is 305 g/mol. The molecule has 0 heterocycles. The molecule has 120 valence electrons. The Morgan fingerprint density at radius 3 is 2.33 bits per heavy atom. The third-order valence-corrected chi connectivity index (χ3v) is 5.03. The molecule has 2 nitrogen and oxygen atoms in total.